The van der Waals surface area contributed by atoms with Gasteiger partial charge in [0.05, 0.1) is 17.0 Å². The van der Waals surface area contributed by atoms with Crippen molar-refractivity contribution < 1.29 is 24.4 Å². The van der Waals surface area contributed by atoms with E-state index in [4.69, 9.17) is 9.84 Å². The molecule has 5 nitrogen and oxygen atoms in total. The zero-order valence-electron chi connectivity index (χ0n) is 9.81. The Labute approximate surface area is 104 Å². The number of aromatic amines is 1. The van der Waals surface area contributed by atoms with Crippen molar-refractivity contribution in [2.45, 2.75) is 31.3 Å². The van der Waals surface area contributed by atoms with Gasteiger partial charge in [0.25, 0.3) is 0 Å². The Balaban J connectivity index is 1.91. The number of carboxylic acid groups (broad SMARTS) is 1. The molecule has 1 aromatic rings. The predicted octanol–water partition coefficient (Wildman–Crippen LogP) is 1.14. The summed E-state index contributed by atoms with van der Waals surface area (Å²) in [4.78, 5) is 25.7. The van der Waals surface area contributed by atoms with Crippen LogP contribution in [0.4, 0.5) is 0 Å². The first-order chi connectivity index (χ1) is 8.62. The Kier molecular flexibility index (Phi) is 2.36. The Morgan fingerprint density at radius 3 is 2.83 bits per heavy atom. The van der Waals surface area contributed by atoms with Crippen LogP contribution in [0.2, 0.25) is 0 Å². The van der Waals surface area contributed by atoms with Crippen molar-refractivity contribution >= 4 is 11.9 Å². The second-order valence-corrected chi connectivity index (χ2v) is 4.97. The molecule has 1 saturated carbocycles. The fourth-order valence-electron chi connectivity index (χ4n) is 2.98. The third-order valence-electron chi connectivity index (χ3n) is 4.01. The number of carbonyl (C=O) groups excluding carboxylic acids is 1. The monoisotopic (exact) mass is 248 g/mol. The van der Waals surface area contributed by atoms with E-state index in [0.29, 0.717) is 31.2 Å². The lowest BCUT2D eigenvalue weighted by molar-refractivity contribution is -0.379. The normalized spacial score (nSPS) is 30.0. The molecule has 2 aliphatic rings. The molecule has 0 amide bonds. The first kappa shape index (κ1) is 11.2. The number of H-pyrrole nitrogens is 1. The van der Waals surface area contributed by atoms with Gasteiger partial charge in [-0.2, -0.15) is 0 Å². The van der Waals surface area contributed by atoms with E-state index in [1.807, 2.05) is 0 Å². The lowest BCUT2D eigenvalue weighted by atomic mass is 9.75. The molecule has 0 atom stereocenters. The van der Waals surface area contributed by atoms with Crippen LogP contribution < -0.4 is 4.98 Å². The first-order valence-electron chi connectivity index (χ1n) is 6.09. The van der Waals surface area contributed by atoms with Crippen molar-refractivity contribution in [1.29, 1.82) is 0 Å². The number of carbonyl (C=O) groups is 2. The van der Waals surface area contributed by atoms with E-state index < -0.39 is 11.6 Å². The summed E-state index contributed by atoms with van der Waals surface area (Å²) < 4.78 is 5.54. The topological polar surface area (TPSA) is 77.7 Å². The molecule has 18 heavy (non-hydrogen) atoms. The molecule has 3 rings (SSSR count). The predicted molar refractivity (Wildman–Crippen MR) is 59.7 cm³/mol. The summed E-state index contributed by atoms with van der Waals surface area (Å²) in [5.74, 6) is -1.37. The number of nitrogens with one attached hydrogen (secondary N) is 1. The standard InChI is InChI=1S/C13H13NO4/c15-11(16)8-1-4-13(5-2-8)10-7-14-6-3-9(10)12(17)18-13/h3,6-8H,1-2,4-5H2,(H,15,16)/p+1. The molecule has 0 saturated heterocycles. The number of fused-ring (bicyclic) bond motifs is 2. The Hall–Kier alpha value is -1.91. The van der Waals surface area contributed by atoms with Crippen molar-refractivity contribution in [2.24, 2.45) is 5.92 Å². The van der Waals surface area contributed by atoms with Crippen LogP contribution in [0.25, 0.3) is 0 Å². The zero-order chi connectivity index (χ0) is 12.8. The number of aromatic nitrogens is 1. The molecule has 1 aliphatic carbocycles. The van der Waals surface area contributed by atoms with Gasteiger partial charge in [-0.3, -0.25) is 4.79 Å². The number of rotatable bonds is 1. The van der Waals surface area contributed by atoms with E-state index in [1.54, 1.807) is 18.5 Å². The molecular formula is C13H14NO4+. The van der Waals surface area contributed by atoms with Crippen LogP contribution >= 0.6 is 0 Å². The lowest BCUT2D eigenvalue weighted by Gasteiger charge is -2.34. The molecule has 1 spiro atoms. The highest BCUT2D eigenvalue weighted by atomic mass is 16.6. The second-order valence-electron chi connectivity index (χ2n) is 4.97. The smallest absolute Gasteiger partial charge is 0.339 e. The molecule has 2 heterocycles. The molecular weight excluding hydrogens is 234 g/mol. The molecule has 0 unspecified atom stereocenters. The summed E-state index contributed by atoms with van der Waals surface area (Å²) in [6, 6.07) is 1.72. The lowest BCUT2D eigenvalue weighted by Crippen LogP contribution is -2.34. The highest BCUT2D eigenvalue weighted by Gasteiger charge is 2.49. The van der Waals surface area contributed by atoms with Gasteiger partial charge in [0.15, 0.2) is 12.4 Å². The molecule has 5 heteroatoms. The van der Waals surface area contributed by atoms with Crippen LogP contribution in [0.15, 0.2) is 18.5 Å². The molecule has 0 radical (unpaired) electrons. The minimum atomic E-state index is -0.756. The maximum absolute atomic E-state index is 11.8. The van der Waals surface area contributed by atoms with Gasteiger partial charge in [-0.15, -0.1) is 0 Å². The number of ether oxygens (including phenoxy) is 1. The van der Waals surface area contributed by atoms with Gasteiger partial charge in [0, 0.05) is 6.07 Å². The number of carboxylic acids is 1. The Morgan fingerprint density at radius 1 is 1.44 bits per heavy atom. The van der Waals surface area contributed by atoms with E-state index in [-0.39, 0.29) is 11.9 Å². The summed E-state index contributed by atoms with van der Waals surface area (Å²) >= 11 is 0. The summed E-state index contributed by atoms with van der Waals surface area (Å²) in [6.07, 6.45) is 5.76. The minimum Gasteiger partial charge on any atom is -0.481 e. The molecule has 1 fully saturated rings. The van der Waals surface area contributed by atoms with E-state index in [2.05, 4.69) is 4.98 Å². The van der Waals surface area contributed by atoms with Gasteiger partial charge in [0.1, 0.15) is 5.60 Å². The molecule has 0 aromatic carbocycles. The van der Waals surface area contributed by atoms with E-state index in [1.165, 1.54) is 0 Å². The van der Waals surface area contributed by atoms with Crippen LogP contribution in [0.3, 0.4) is 0 Å². The van der Waals surface area contributed by atoms with Crippen LogP contribution in [-0.2, 0) is 15.1 Å². The van der Waals surface area contributed by atoms with Gasteiger partial charge in [-0.1, -0.05) is 0 Å². The fourth-order valence-corrected chi connectivity index (χ4v) is 2.98. The van der Waals surface area contributed by atoms with Gasteiger partial charge >= 0.3 is 11.9 Å². The summed E-state index contributed by atoms with van der Waals surface area (Å²) in [5.41, 5.74) is 0.872. The van der Waals surface area contributed by atoms with Gasteiger partial charge in [0.2, 0.25) is 0 Å². The number of hydrogen-bond acceptors (Lipinski definition) is 3. The summed E-state index contributed by atoms with van der Waals surface area (Å²) in [7, 11) is 0. The largest absolute Gasteiger partial charge is 0.481 e. The number of esters is 1. The molecule has 1 aromatic heterocycles. The third kappa shape index (κ3) is 1.50. The van der Waals surface area contributed by atoms with Crippen LogP contribution in [-0.4, -0.2) is 17.0 Å². The van der Waals surface area contributed by atoms with E-state index in [0.717, 1.165) is 5.56 Å². The molecule has 1 aliphatic heterocycles. The number of pyridine rings is 1. The minimum absolute atomic E-state index is 0.298. The van der Waals surface area contributed by atoms with Crippen LogP contribution in [0.5, 0.6) is 0 Å². The van der Waals surface area contributed by atoms with Gasteiger partial charge in [-0.05, 0) is 25.7 Å². The third-order valence-corrected chi connectivity index (χ3v) is 4.01. The van der Waals surface area contributed by atoms with Crippen molar-refractivity contribution in [3.05, 3.63) is 29.6 Å². The Morgan fingerprint density at radius 2 is 2.17 bits per heavy atom. The van der Waals surface area contributed by atoms with Crippen LogP contribution in [0.1, 0.15) is 41.6 Å². The molecule has 2 N–H and O–H groups in total. The van der Waals surface area contributed by atoms with E-state index >= 15 is 0 Å². The highest BCUT2D eigenvalue weighted by Crippen LogP contribution is 2.47. The van der Waals surface area contributed by atoms with Gasteiger partial charge < -0.3 is 9.84 Å². The average Bonchev–Trinajstić information content (AvgIpc) is 2.64. The number of aliphatic carboxylic acids is 1. The fraction of sp³-hybridized carbons (Fsp3) is 0.462. The maximum atomic E-state index is 11.8. The Bertz CT molecular complexity index is 517. The highest BCUT2D eigenvalue weighted by molar-refractivity contribution is 5.94. The van der Waals surface area contributed by atoms with Crippen LogP contribution in [0, 0.1) is 5.92 Å². The zero-order valence-corrected chi connectivity index (χ0v) is 9.81. The van der Waals surface area contributed by atoms with Crippen molar-refractivity contribution in [2.75, 3.05) is 0 Å². The average molecular weight is 248 g/mol. The molecule has 94 valence electrons. The summed E-state index contributed by atoms with van der Waals surface area (Å²) in [5, 5.41) is 9.00. The van der Waals surface area contributed by atoms with Crippen molar-refractivity contribution in [1.82, 2.24) is 0 Å². The second kappa shape index (κ2) is 3.80. The van der Waals surface area contributed by atoms with E-state index in [9.17, 15) is 9.59 Å². The quantitative estimate of drug-likeness (QED) is 0.756. The maximum Gasteiger partial charge on any atom is 0.339 e. The van der Waals surface area contributed by atoms with Crippen molar-refractivity contribution in [3.63, 3.8) is 0 Å². The molecule has 0 bridgehead atoms. The SMILES string of the molecule is O=C1OC2(CCC(C(=O)O)CC2)c2c[nH+]ccc21. The first-order valence-corrected chi connectivity index (χ1v) is 6.09. The van der Waals surface area contributed by atoms with Gasteiger partial charge in [-0.25, -0.2) is 9.78 Å². The van der Waals surface area contributed by atoms with Crippen molar-refractivity contribution in [3.8, 4) is 0 Å². The summed E-state index contributed by atoms with van der Waals surface area (Å²) in [6.45, 7) is 0. The number of hydrogen-bond donors (Lipinski definition) is 1.